The monoisotopic (exact) mass is 400 g/mol. The highest BCUT2D eigenvalue weighted by atomic mass is 19.1. The molecule has 0 atom stereocenters. The zero-order valence-corrected chi connectivity index (χ0v) is 16.6. The summed E-state index contributed by atoms with van der Waals surface area (Å²) in [7, 11) is 0. The lowest BCUT2D eigenvalue weighted by Gasteiger charge is -2.22. The number of hydrogen-bond donors (Lipinski definition) is 0. The van der Waals surface area contributed by atoms with Crippen molar-refractivity contribution in [1.29, 1.82) is 0 Å². The van der Waals surface area contributed by atoms with E-state index in [2.05, 4.69) is 16.1 Å². The van der Waals surface area contributed by atoms with Crippen molar-refractivity contribution in [3.63, 3.8) is 0 Å². The molecule has 0 spiro atoms. The minimum atomic E-state index is -0.398. The molecular formula is C24H21FN4O. The highest BCUT2D eigenvalue weighted by molar-refractivity contribution is 5.93. The van der Waals surface area contributed by atoms with Crippen LogP contribution in [0.4, 0.5) is 4.39 Å². The first-order chi connectivity index (χ1) is 14.6. The van der Waals surface area contributed by atoms with Gasteiger partial charge in [0.15, 0.2) is 0 Å². The molecule has 0 saturated carbocycles. The largest absolute Gasteiger partial charge is 0.328 e. The van der Waals surface area contributed by atoms with Gasteiger partial charge in [0.25, 0.3) is 5.91 Å². The van der Waals surface area contributed by atoms with Crippen LogP contribution >= 0.6 is 0 Å². The average Bonchev–Trinajstić information content (AvgIpc) is 3.24. The Morgan fingerprint density at radius 2 is 1.87 bits per heavy atom. The molecule has 0 aliphatic heterocycles. The number of amides is 1. The summed E-state index contributed by atoms with van der Waals surface area (Å²) in [5.74, 6) is -0.588. The van der Waals surface area contributed by atoms with Crippen molar-refractivity contribution in [3.8, 4) is 5.69 Å². The molecule has 0 radical (unpaired) electrons. The van der Waals surface area contributed by atoms with Crippen molar-refractivity contribution >= 4 is 5.91 Å². The van der Waals surface area contributed by atoms with Crippen LogP contribution in [-0.2, 0) is 13.1 Å². The molecule has 4 aromatic rings. The van der Waals surface area contributed by atoms with E-state index in [1.807, 2.05) is 43.3 Å². The van der Waals surface area contributed by atoms with Crippen LogP contribution in [0.3, 0.4) is 0 Å². The average molecular weight is 400 g/mol. The van der Waals surface area contributed by atoms with Crippen LogP contribution in [-0.4, -0.2) is 25.6 Å². The van der Waals surface area contributed by atoms with E-state index in [1.165, 1.54) is 16.9 Å². The fraction of sp³-hybridized carbons (Fsp3) is 0.125. The third kappa shape index (κ3) is 4.43. The van der Waals surface area contributed by atoms with Gasteiger partial charge in [0, 0.05) is 18.9 Å². The number of benzene rings is 2. The minimum Gasteiger partial charge on any atom is -0.328 e. The molecule has 2 aromatic heterocycles. The van der Waals surface area contributed by atoms with Gasteiger partial charge >= 0.3 is 0 Å². The summed E-state index contributed by atoms with van der Waals surface area (Å²) in [6.45, 7) is 2.81. The second kappa shape index (κ2) is 8.69. The van der Waals surface area contributed by atoms with Gasteiger partial charge < -0.3 is 4.90 Å². The first-order valence-electron chi connectivity index (χ1n) is 9.64. The van der Waals surface area contributed by atoms with Gasteiger partial charge in [-0.2, -0.15) is 5.10 Å². The highest BCUT2D eigenvalue weighted by Crippen LogP contribution is 2.17. The van der Waals surface area contributed by atoms with Crippen LogP contribution in [0.15, 0.2) is 85.3 Å². The number of carbonyl (C=O) groups is 1. The van der Waals surface area contributed by atoms with Gasteiger partial charge in [-0.1, -0.05) is 48.0 Å². The molecule has 5 nitrogen and oxygen atoms in total. The lowest BCUT2D eigenvalue weighted by atomic mass is 10.1. The number of aryl methyl sites for hydroxylation is 1. The van der Waals surface area contributed by atoms with Gasteiger partial charge in [0.2, 0.25) is 0 Å². The maximum atomic E-state index is 14.1. The van der Waals surface area contributed by atoms with E-state index in [0.717, 1.165) is 16.8 Å². The van der Waals surface area contributed by atoms with Crippen molar-refractivity contribution in [3.05, 3.63) is 114 Å². The Labute approximate surface area is 174 Å². The Bertz CT molecular complexity index is 1160. The number of halogens is 1. The Morgan fingerprint density at radius 1 is 1.03 bits per heavy atom. The van der Waals surface area contributed by atoms with E-state index in [-0.39, 0.29) is 5.91 Å². The van der Waals surface area contributed by atoms with Crippen LogP contribution < -0.4 is 0 Å². The van der Waals surface area contributed by atoms with Gasteiger partial charge in [-0.05, 0) is 36.8 Å². The van der Waals surface area contributed by atoms with E-state index < -0.39 is 5.82 Å². The fourth-order valence-electron chi connectivity index (χ4n) is 3.30. The van der Waals surface area contributed by atoms with Crippen molar-refractivity contribution in [2.24, 2.45) is 0 Å². The van der Waals surface area contributed by atoms with Gasteiger partial charge in [-0.15, -0.1) is 0 Å². The molecule has 2 aromatic carbocycles. The van der Waals surface area contributed by atoms with Gasteiger partial charge in [0.1, 0.15) is 11.5 Å². The second-order valence-electron chi connectivity index (χ2n) is 7.10. The molecule has 1 amide bonds. The predicted molar refractivity (Wildman–Crippen MR) is 113 cm³/mol. The van der Waals surface area contributed by atoms with Gasteiger partial charge in [0.05, 0.1) is 24.0 Å². The summed E-state index contributed by atoms with van der Waals surface area (Å²) < 4.78 is 15.5. The topological polar surface area (TPSA) is 51.0 Å². The molecule has 0 aliphatic rings. The molecule has 0 bridgehead atoms. The van der Waals surface area contributed by atoms with Gasteiger partial charge in [-0.3, -0.25) is 9.78 Å². The number of aromatic nitrogens is 3. The lowest BCUT2D eigenvalue weighted by Crippen LogP contribution is -2.30. The zero-order valence-electron chi connectivity index (χ0n) is 16.6. The molecule has 6 heteroatoms. The fourth-order valence-corrected chi connectivity index (χ4v) is 3.30. The lowest BCUT2D eigenvalue weighted by molar-refractivity contribution is 0.0728. The molecular weight excluding hydrogens is 379 g/mol. The third-order valence-corrected chi connectivity index (χ3v) is 4.75. The number of pyridine rings is 1. The first-order valence-corrected chi connectivity index (χ1v) is 9.64. The second-order valence-corrected chi connectivity index (χ2v) is 7.10. The van der Waals surface area contributed by atoms with Crippen LogP contribution in [0.2, 0.25) is 0 Å². The molecule has 2 heterocycles. The SMILES string of the molecule is Cc1cccc(CN(Cc2ccccn2)C(=O)c2cnn(-c3ccccc3F)c2)c1. The Morgan fingerprint density at radius 3 is 2.63 bits per heavy atom. The van der Waals surface area contributed by atoms with Crippen LogP contribution in [0, 0.1) is 12.7 Å². The molecule has 0 saturated heterocycles. The maximum absolute atomic E-state index is 14.1. The number of para-hydroxylation sites is 1. The summed E-state index contributed by atoms with van der Waals surface area (Å²) in [6.07, 6.45) is 4.74. The maximum Gasteiger partial charge on any atom is 0.257 e. The Balaban J connectivity index is 1.63. The molecule has 4 rings (SSSR count). The zero-order chi connectivity index (χ0) is 20.9. The molecule has 0 fully saturated rings. The van der Waals surface area contributed by atoms with Crippen molar-refractivity contribution in [1.82, 2.24) is 19.7 Å². The predicted octanol–water partition coefficient (Wildman–Crippen LogP) is 4.56. The van der Waals surface area contributed by atoms with E-state index in [4.69, 9.17) is 0 Å². The minimum absolute atomic E-state index is 0.190. The summed E-state index contributed by atoms with van der Waals surface area (Å²) in [4.78, 5) is 19.4. The Hall–Kier alpha value is -3.80. The van der Waals surface area contributed by atoms with Crippen molar-refractivity contribution in [2.45, 2.75) is 20.0 Å². The van der Waals surface area contributed by atoms with E-state index in [1.54, 1.807) is 35.5 Å². The van der Waals surface area contributed by atoms with Crippen LogP contribution in [0.1, 0.15) is 27.2 Å². The Kier molecular flexibility index (Phi) is 5.66. The molecule has 150 valence electrons. The molecule has 0 N–H and O–H groups in total. The first kappa shape index (κ1) is 19.5. The number of nitrogens with zero attached hydrogens (tertiary/aromatic N) is 4. The van der Waals surface area contributed by atoms with E-state index in [0.29, 0.717) is 24.3 Å². The van der Waals surface area contributed by atoms with E-state index >= 15 is 0 Å². The third-order valence-electron chi connectivity index (χ3n) is 4.75. The number of rotatable bonds is 6. The van der Waals surface area contributed by atoms with Crippen molar-refractivity contribution in [2.75, 3.05) is 0 Å². The van der Waals surface area contributed by atoms with Gasteiger partial charge in [-0.25, -0.2) is 9.07 Å². The summed E-state index contributed by atoms with van der Waals surface area (Å²) >= 11 is 0. The number of carbonyl (C=O) groups excluding carboxylic acids is 1. The summed E-state index contributed by atoms with van der Waals surface area (Å²) in [5, 5.41) is 4.19. The smallest absolute Gasteiger partial charge is 0.257 e. The summed E-state index contributed by atoms with van der Waals surface area (Å²) in [5.41, 5.74) is 3.64. The van der Waals surface area contributed by atoms with Crippen LogP contribution in [0.5, 0.6) is 0 Å². The summed E-state index contributed by atoms with van der Waals surface area (Å²) in [6, 6.07) is 20.0. The van der Waals surface area contributed by atoms with E-state index in [9.17, 15) is 9.18 Å². The van der Waals surface area contributed by atoms with Crippen LogP contribution in [0.25, 0.3) is 5.69 Å². The highest BCUT2D eigenvalue weighted by Gasteiger charge is 2.20. The standard InChI is InChI=1S/C24H21FN4O/c1-18-7-6-8-19(13-18)15-28(17-21-9-4-5-12-26-21)24(30)20-14-27-29(16-20)23-11-3-2-10-22(23)25/h2-14,16H,15,17H2,1H3. The molecule has 0 unspecified atom stereocenters. The normalized spacial score (nSPS) is 10.7. The number of hydrogen-bond acceptors (Lipinski definition) is 3. The van der Waals surface area contributed by atoms with Crippen molar-refractivity contribution < 1.29 is 9.18 Å². The quantitative estimate of drug-likeness (QED) is 0.477. The molecule has 0 aliphatic carbocycles. The molecule has 30 heavy (non-hydrogen) atoms.